The van der Waals surface area contributed by atoms with E-state index < -0.39 is 0 Å². The lowest BCUT2D eigenvalue weighted by atomic mass is 10.2. The highest BCUT2D eigenvalue weighted by molar-refractivity contribution is 5.77. The number of nitrogens with zero attached hydrogens (tertiary/aromatic N) is 3. The van der Waals surface area contributed by atoms with Crippen LogP contribution in [0, 0.1) is 17.2 Å². The van der Waals surface area contributed by atoms with E-state index >= 15 is 0 Å². The minimum Gasteiger partial charge on any atom is -0.328 e. The minimum atomic E-state index is 0.591. The van der Waals surface area contributed by atoms with Crippen LogP contribution in [0.4, 0.5) is 0 Å². The molecule has 20 heavy (non-hydrogen) atoms. The Hall–Kier alpha value is -1.82. The number of unbranched alkanes of at least 4 members (excludes halogenated alkanes) is 2. The highest BCUT2D eigenvalue weighted by Crippen LogP contribution is 2.21. The molecule has 0 N–H and O–H groups in total. The fraction of sp³-hybridized carbons (Fsp3) is 0.529. The number of fused-ring (bicyclic) bond motifs is 1. The highest BCUT2D eigenvalue weighted by Gasteiger charge is 2.12. The molecule has 0 fully saturated rings. The van der Waals surface area contributed by atoms with E-state index in [9.17, 15) is 0 Å². The van der Waals surface area contributed by atoms with Gasteiger partial charge in [-0.15, -0.1) is 0 Å². The molecular formula is C17H23N3. The summed E-state index contributed by atoms with van der Waals surface area (Å²) in [5.74, 6) is 1.75. The Bertz CT molecular complexity index is 617. The van der Waals surface area contributed by atoms with E-state index in [1.807, 2.05) is 18.2 Å². The van der Waals surface area contributed by atoms with Crippen LogP contribution >= 0.6 is 0 Å². The third-order valence-corrected chi connectivity index (χ3v) is 3.51. The number of benzene rings is 1. The van der Waals surface area contributed by atoms with Gasteiger partial charge in [-0.2, -0.15) is 5.26 Å². The second-order valence-corrected chi connectivity index (χ2v) is 5.80. The molecule has 3 heteroatoms. The average Bonchev–Trinajstić information content (AvgIpc) is 2.76. The zero-order valence-corrected chi connectivity index (χ0v) is 12.7. The summed E-state index contributed by atoms with van der Waals surface area (Å²) >= 11 is 0. The van der Waals surface area contributed by atoms with Gasteiger partial charge in [-0.3, -0.25) is 0 Å². The molecule has 1 aromatic carbocycles. The van der Waals surface area contributed by atoms with Crippen molar-refractivity contribution in [1.29, 1.82) is 5.26 Å². The van der Waals surface area contributed by atoms with E-state index in [0.29, 0.717) is 11.5 Å². The van der Waals surface area contributed by atoms with Gasteiger partial charge in [-0.05, 0) is 30.5 Å². The standard InChI is InChI=1S/C17H23N3/c1-4-5-6-7-17-19-15-10-14(11-18)8-9-16(15)20(17)12-13(2)3/h8-10,13H,4-7,12H2,1-3H3. The molecule has 1 heterocycles. The first-order valence-electron chi connectivity index (χ1n) is 7.55. The van der Waals surface area contributed by atoms with Gasteiger partial charge in [0.05, 0.1) is 22.7 Å². The molecule has 0 amide bonds. The van der Waals surface area contributed by atoms with Crippen LogP contribution in [0.25, 0.3) is 11.0 Å². The normalized spacial score (nSPS) is 11.2. The molecule has 2 rings (SSSR count). The van der Waals surface area contributed by atoms with E-state index in [0.717, 1.165) is 29.8 Å². The molecule has 0 unspecified atom stereocenters. The first-order chi connectivity index (χ1) is 9.65. The Balaban J connectivity index is 2.40. The van der Waals surface area contributed by atoms with Crippen molar-refractivity contribution in [2.75, 3.05) is 0 Å². The van der Waals surface area contributed by atoms with Crippen LogP contribution in [-0.4, -0.2) is 9.55 Å². The summed E-state index contributed by atoms with van der Waals surface area (Å²) in [6.07, 6.45) is 4.68. The maximum Gasteiger partial charge on any atom is 0.109 e. The quantitative estimate of drug-likeness (QED) is 0.734. The molecule has 0 spiro atoms. The first-order valence-corrected chi connectivity index (χ1v) is 7.55. The molecule has 2 aromatic rings. The SMILES string of the molecule is CCCCCc1nc2cc(C#N)ccc2n1CC(C)C. The van der Waals surface area contributed by atoms with Crippen molar-refractivity contribution in [1.82, 2.24) is 9.55 Å². The number of aryl methyl sites for hydroxylation is 1. The predicted octanol–water partition coefficient (Wildman–Crippen LogP) is 4.30. The van der Waals surface area contributed by atoms with Crippen LogP contribution < -0.4 is 0 Å². The lowest BCUT2D eigenvalue weighted by Gasteiger charge is -2.11. The number of aromatic nitrogens is 2. The molecule has 3 nitrogen and oxygen atoms in total. The topological polar surface area (TPSA) is 41.6 Å². The van der Waals surface area contributed by atoms with Crippen molar-refractivity contribution in [2.24, 2.45) is 5.92 Å². The van der Waals surface area contributed by atoms with Crippen molar-refractivity contribution < 1.29 is 0 Å². The average molecular weight is 269 g/mol. The number of nitriles is 1. The Morgan fingerprint density at radius 2 is 2.10 bits per heavy atom. The smallest absolute Gasteiger partial charge is 0.109 e. The molecule has 0 bridgehead atoms. The third-order valence-electron chi connectivity index (χ3n) is 3.51. The molecule has 0 aliphatic rings. The van der Waals surface area contributed by atoms with Gasteiger partial charge in [0.25, 0.3) is 0 Å². The lowest BCUT2D eigenvalue weighted by molar-refractivity contribution is 0.511. The second kappa shape index (κ2) is 6.56. The van der Waals surface area contributed by atoms with Crippen LogP contribution in [0.1, 0.15) is 51.4 Å². The molecule has 0 atom stereocenters. The molecule has 0 radical (unpaired) electrons. The Kier molecular flexibility index (Phi) is 4.79. The van der Waals surface area contributed by atoms with Crippen LogP contribution in [-0.2, 0) is 13.0 Å². The minimum absolute atomic E-state index is 0.591. The molecular weight excluding hydrogens is 246 g/mol. The Morgan fingerprint density at radius 1 is 1.30 bits per heavy atom. The van der Waals surface area contributed by atoms with E-state index in [1.165, 1.54) is 19.3 Å². The summed E-state index contributed by atoms with van der Waals surface area (Å²) in [5, 5.41) is 9.01. The molecule has 1 aromatic heterocycles. The third kappa shape index (κ3) is 3.19. The van der Waals surface area contributed by atoms with Gasteiger partial charge in [-0.25, -0.2) is 4.98 Å². The fourth-order valence-electron chi connectivity index (χ4n) is 2.54. The Labute approximate surface area is 121 Å². The van der Waals surface area contributed by atoms with Gasteiger partial charge in [0.15, 0.2) is 0 Å². The first kappa shape index (κ1) is 14.6. The van der Waals surface area contributed by atoms with Gasteiger partial charge in [-0.1, -0.05) is 33.6 Å². The molecule has 0 saturated carbocycles. The Morgan fingerprint density at radius 3 is 2.75 bits per heavy atom. The molecule has 0 aliphatic carbocycles. The van der Waals surface area contributed by atoms with E-state index in [-0.39, 0.29) is 0 Å². The second-order valence-electron chi connectivity index (χ2n) is 5.80. The van der Waals surface area contributed by atoms with Crippen molar-refractivity contribution in [2.45, 2.75) is 53.0 Å². The van der Waals surface area contributed by atoms with Gasteiger partial charge in [0, 0.05) is 13.0 Å². The summed E-state index contributed by atoms with van der Waals surface area (Å²) in [6.45, 7) is 7.66. The number of hydrogen-bond acceptors (Lipinski definition) is 2. The van der Waals surface area contributed by atoms with Gasteiger partial charge in [0.1, 0.15) is 5.82 Å². The largest absolute Gasteiger partial charge is 0.328 e. The molecule has 0 aliphatic heterocycles. The molecule has 106 valence electrons. The van der Waals surface area contributed by atoms with E-state index in [4.69, 9.17) is 10.2 Å². The van der Waals surface area contributed by atoms with Crippen molar-refractivity contribution in [3.05, 3.63) is 29.6 Å². The number of hydrogen-bond donors (Lipinski definition) is 0. The zero-order valence-electron chi connectivity index (χ0n) is 12.7. The van der Waals surface area contributed by atoms with E-state index in [1.54, 1.807) is 0 Å². The molecule has 0 saturated heterocycles. The fourth-order valence-corrected chi connectivity index (χ4v) is 2.54. The maximum atomic E-state index is 9.01. The van der Waals surface area contributed by atoms with E-state index in [2.05, 4.69) is 31.4 Å². The number of imidazole rings is 1. The van der Waals surface area contributed by atoms with Crippen molar-refractivity contribution in [3.63, 3.8) is 0 Å². The van der Waals surface area contributed by atoms with Crippen LogP contribution in [0.2, 0.25) is 0 Å². The van der Waals surface area contributed by atoms with Crippen molar-refractivity contribution >= 4 is 11.0 Å². The zero-order chi connectivity index (χ0) is 14.5. The number of rotatable bonds is 6. The summed E-state index contributed by atoms with van der Waals surface area (Å²) in [4.78, 5) is 4.76. The maximum absolute atomic E-state index is 9.01. The van der Waals surface area contributed by atoms with Crippen LogP contribution in [0.3, 0.4) is 0 Å². The lowest BCUT2D eigenvalue weighted by Crippen LogP contribution is -2.08. The van der Waals surface area contributed by atoms with Gasteiger partial charge in [0.2, 0.25) is 0 Å². The summed E-state index contributed by atoms with van der Waals surface area (Å²) in [7, 11) is 0. The summed E-state index contributed by atoms with van der Waals surface area (Å²) in [5.41, 5.74) is 2.80. The summed E-state index contributed by atoms with van der Waals surface area (Å²) in [6, 6.07) is 8.01. The monoisotopic (exact) mass is 269 g/mol. The van der Waals surface area contributed by atoms with Gasteiger partial charge < -0.3 is 4.57 Å². The van der Waals surface area contributed by atoms with Gasteiger partial charge >= 0.3 is 0 Å². The van der Waals surface area contributed by atoms with Crippen LogP contribution in [0.15, 0.2) is 18.2 Å². The van der Waals surface area contributed by atoms with Crippen molar-refractivity contribution in [3.8, 4) is 6.07 Å². The highest BCUT2D eigenvalue weighted by atomic mass is 15.1. The predicted molar refractivity (Wildman–Crippen MR) is 82.5 cm³/mol. The van der Waals surface area contributed by atoms with Crippen LogP contribution in [0.5, 0.6) is 0 Å². The summed E-state index contributed by atoms with van der Waals surface area (Å²) < 4.78 is 2.33.